The summed E-state index contributed by atoms with van der Waals surface area (Å²) >= 11 is 0. The van der Waals surface area contributed by atoms with Crippen LogP contribution in [0.1, 0.15) is 24.2 Å². The van der Waals surface area contributed by atoms with E-state index in [1.807, 2.05) is 0 Å². The summed E-state index contributed by atoms with van der Waals surface area (Å²) in [6.45, 7) is 3.58. The first-order valence-corrected chi connectivity index (χ1v) is 5.64. The number of rotatable bonds is 3. The number of nitrogens with zero attached hydrogens (tertiary/aromatic N) is 4. The topological polar surface area (TPSA) is 70.7 Å². The molecule has 0 saturated heterocycles. The minimum absolute atomic E-state index is 0.180. The summed E-state index contributed by atoms with van der Waals surface area (Å²) in [5.41, 5.74) is 0.214. The first-order valence-electron chi connectivity index (χ1n) is 5.64. The van der Waals surface area contributed by atoms with Gasteiger partial charge < -0.3 is 10.0 Å². The molecule has 0 radical (unpaired) electrons. The van der Waals surface area contributed by atoms with Crippen molar-refractivity contribution in [3.05, 3.63) is 30.4 Å². The molecule has 0 bridgehead atoms. The van der Waals surface area contributed by atoms with E-state index in [-0.39, 0.29) is 12.5 Å². The van der Waals surface area contributed by atoms with Gasteiger partial charge in [-0.15, -0.1) is 0 Å². The van der Waals surface area contributed by atoms with Crippen LogP contribution in [0.2, 0.25) is 0 Å². The summed E-state index contributed by atoms with van der Waals surface area (Å²) in [4.78, 5) is 17.7. The van der Waals surface area contributed by atoms with Crippen LogP contribution in [-0.2, 0) is 0 Å². The molecule has 0 aliphatic carbocycles. The molecule has 2 rings (SSSR count). The average molecular weight is 248 g/mol. The largest absolute Gasteiger partial charge is 0.389 e. The second-order valence-corrected chi connectivity index (χ2v) is 4.94. The van der Waals surface area contributed by atoms with Crippen molar-refractivity contribution in [2.24, 2.45) is 0 Å². The smallest absolute Gasteiger partial charge is 0.257 e. The van der Waals surface area contributed by atoms with E-state index in [2.05, 4.69) is 10.1 Å². The molecule has 0 unspecified atom stereocenters. The van der Waals surface area contributed by atoms with Crippen LogP contribution < -0.4 is 0 Å². The van der Waals surface area contributed by atoms with E-state index in [9.17, 15) is 9.90 Å². The number of carbonyl (C=O) groups is 1. The van der Waals surface area contributed by atoms with E-state index in [0.29, 0.717) is 11.1 Å². The number of amides is 1. The fourth-order valence-corrected chi connectivity index (χ4v) is 1.86. The SMILES string of the molecule is CN(CC(C)(C)O)C(=O)c1cnn2ccncc12. The lowest BCUT2D eigenvalue weighted by Crippen LogP contribution is -2.39. The summed E-state index contributed by atoms with van der Waals surface area (Å²) < 4.78 is 1.60. The van der Waals surface area contributed by atoms with Gasteiger partial charge in [-0.3, -0.25) is 9.78 Å². The summed E-state index contributed by atoms with van der Waals surface area (Å²) in [5, 5.41) is 13.8. The zero-order chi connectivity index (χ0) is 13.3. The van der Waals surface area contributed by atoms with Gasteiger partial charge in [0.15, 0.2) is 0 Å². The number of carbonyl (C=O) groups excluding carboxylic acids is 1. The van der Waals surface area contributed by atoms with Crippen LogP contribution in [0.4, 0.5) is 0 Å². The van der Waals surface area contributed by atoms with Crippen molar-refractivity contribution in [2.75, 3.05) is 13.6 Å². The predicted octanol–water partition coefficient (Wildman–Crippen LogP) is 0.572. The van der Waals surface area contributed by atoms with Crippen LogP contribution in [0, 0.1) is 0 Å². The standard InChI is InChI=1S/C12H16N4O2/c1-12(2,18)8-15(3)11(17)9-6-14-16-5-4-13-7-10(9)16/h4-7,18H,8H2,1-3H3. The lowest BCUT2D eigenvalue weighted by atomic mass is 10.1. The summed E-state index contributed by atoms with van der Waals surface area (Å²) in [6.07, 6.45) is 6.40. The number of aliphatic hydroxyl groups is 1. The first-order chi connectivity index (χ1) is 8.38. The van der Waals surface area contributed by atoms with Gasteiger partial charge in [0.2, 0.25) is 0 Å². The molecular formula is C12H16N4O2. The van der Waals surface area contributed by atoms with Crippen molar-refractivity contribution < 1.29 is 9.90 Å². The molecule has 0 spiro atoms. The highest BCUT2D eigenvalue weighted by Crippen LogP contribution is 2.13. The molecule has 0 saturated carbocycles. The molecule has 0 aliphatic heterocycles. The Morgan fingerprint density at radius 3 is 2.89 bits per heavy atom. The molecule has 2 aromatic rings. The number of fused-ring (bicyclic) bond motifs is 1. The Morgan fingerprint density at radius 1 is 1.50 bits per heavy atom. The Balaban J connectivity index is 2.29. The molecule has 18 heavy (non-hydrogen) atoms. The van der Waals surface area contributed by atoms with Gasteiger partial charge in [-0.25, -0.2) is 4.52 Å². The minimum atomic E-state index is -0.925. The molecule has 1 N–H and O–H groups in total. The van der Waals surface area contributed by atoms with Crippen molar-refractivity contribution in [3.8, 4) is 0 Å². The van der Waals surface area contributed by atoms with Gasteiger partial charge in [0.1, 0.15) is 0 Å². The molecule has 1 amide bonds. The van der Waals surface area contributed by atoms with E-state index in [1.54, 1.807) is 44.0 Å². The van der Waals surface area contributed by atoms with Crippen LogP contribution in [-0.4, -0.2) is 49.7 Å². The van der Waals surface area contributed by atoms with Gasteiger partial charge >= 0.3 is 0 Å². The van der Waals surface area contributed by atoms with Crippen molar-refractivity contribution in [1.82, 2.24) is 19.5 Å². The number of likely N-dealkylation sites (N-methyl/N-ethyl adjacent to an activating group) is 1. The van der Waals surface area contributed by atoms with Crippen molar-refractivity contribution >= 4 is 11.4 Å². The van der Waals surface area contributed by atoms with Crippen LogP contribution in [0.15, 0.2) is 24.8 Å². The third-order valence-corrected chi connectivity index (χ3v) is 2.53. The van der Waals surface area contributed by atoms with E-state index in [4.69, 9.17) is 0 Å². The van der Waals surface area contributed by atoms with E-state index in [0.717, 1.165) is 0 Å². The molecule has 0 aromatic carbocycles. The number of hydrogen-bond donors (Lipinski definition) is 1. The third-order valence-electron chi connectivity index (χ3n) is 2.53. The van der Waals surface area contributed by atoms with E-state index in [1.165, 1.54) is 11.1 Å². The molecule has 6 nitrogen and oxygen atoms in total. The lowest BCUT2D eigenvalue weighted by Gasteiger charge is -2.25. The third kappa shape index (κ3) is 2.48. The monoisotopic (exact) mass is 248 g/mol. The van der Waals surface area contributed by atoms with Gasteiger partial charge in [0.05, 0.1) is 29.1 Å². The Morgan fingerprint density at radius 2 is 2.22 bits per heavy atom. The molecule has 6 heteroatoms. The zero-order valence-electron chi connectivity index (χ0n) is 10.7. The van der Waals surface area contributed by atoms with Crippen molar-refractivity contribution in [1.29, 1.82) is 0 Å². The summed E-state index contributed by atoms with van der Waals surface area (Å²) in [5.74, 6) is -0.180. The highest BCUT2D eigenvalue weighted by Gasteiger charge is 2.22. The van der Waals surface area contributed by atoms with Crippen molar-refractivity contribution in [3.63, 3.8) is 0 Å². The fourth-order valence-electron chi connectivity index (χ4n) is 1.86. The molecule has 0 fully saturated rings. The van der Waals surface area contributed by atoms with Crippen LogP contribution in [0.5, 0.6) is 0 Å². The van der Waals surface area contributed by atoms with E-state index >= 15 is 0 Å². The second-order valence-electron chi connectivity index (χ2n) is 4.94. The lowest BCUT2D eigenvalue weighted by molar-refractivity contribution is 0.0369. The highest BCUT2D eigenvalue weighted by atomic mass is 16.3. The van der Waals surface area contributed by atoms with Crippen LogP contribution >= 0.6 is 0 Å². The highest BCUT2D eigenvalue weighted by molar-refractivity contribution is 6.00. The van der Waals surface area contributed by atoms with Gasteiger partial charge in [-0.05, 0) is 13.8 Å². The molecule has 2 aromatic heterocycles. The van der Waals surface area contributed by atoms with Gasteiger partial charge in [-0.1, -0.05) is 0 Å². The maximum absolute atomic E-state index is 12.2. The maximum Gasteiger partial charge on any atom is 0.257 e. The van der Waals surface area contributed by atoms with E-state index < -0.39 is 5.60 Å². The normalized spacial score (nSPS) is 11.8. The molecule has 2 heterocycles. The number of aromatic nitrogens is 3. The van der Waals surface area contributed by atoms with Gasteiger partial charge in [0.25, 0.3) is 5.91 Å². The minimum Gasteiger partial charge on any atom is -0.389 e. The second kappa shape index (κ2) is 4.38. The van der Waals surface area contributed by atoms with Crippen LogP contribution in [0.25, 0.3) is 5.52 Å². The van der Waals surface area contributed by atoms with Gasteiger partial charge in [0, 0.05) is 26.0 Å². The zero-order valence-corrected chi connectivity index (χ0v) is 10.7. The summed E-state index contributed by atoms with van der Waals surface area (Å²) in [6, 6.07) is 0. The van der Waals surface area contributed by atoms with Crippen molar-refractivity contribution in [2.45, 2.75) is 19.4 Å². The Labute approximate surface area is 105 Å². The number of hydrogen-bond acceptors (Lipinski definition) is 4. The molecule has 0 atom stereocenters. The Hall–Kier alpha value is -1.95. The quantitative estimate of drug-likeness (QED) is 0.862. The van der Waals surface area contributed by atoms with Gasteiger partial charge in [-0.2, -0.15) is 5.10 Å². The first kappa shape index (κ1) is 12.5. The Bertz CT molecular complexity index is 571. The fraction of sp³-hybridized carbons (Fsp3) is 0.417. The summed E-state index contributed by atoms with van der Waals surface area (Å²) in [7, 11) is 1.65. The average Bonchev–Trinajstić information content (AvgIpc) is 2.69. The van der Waals surface area contributed by atoms with Crippen LogP contribution in [0.3, 0.4) is 0 Å². The molecule has 0 aliphatic rings. The molecule has 96 valence electrons. The maximum atomic E-state index is 12.2. The molecular weight excluding hydrogens is 232 g/mol. The Kier molecular flexibility index (Phi) is 3.04. The predicted molar refractivity (Wildman–Crippen MR) is 66.2 cm³/mol.